The minimum absolute atomic E-state index is 0.271. The molecule has 1 atom stereocenters. The number of likely N-dealkylation sites (N-methyl/N-ethyl adjacent to an activating group) is 1. The second-order valence-corrected chi connectivity index (χ2v) is 8.80. The van der Waals surface area contributed by atoms with E-state index in [1.165, 1.54) is 0 Å². The molecule has 1 unspecified atom stereocenters. The highest BCUT2D eigenvalue weighted by Crippen LogP contribution is 2.41. The number of hydrogen-bond donors (Lipinski definition) is 2. The third-order valence-corrected chi connectivity index (χ3v) is 6.83. The highest BCUT2D eigenvalue weighted by Gasteiger charge is 2.26. The fourth-order valence-electron chi connectivity index (χ4n) is 4.76. The average Bonchev–Trinajstić information content (AvgIpc) is 3.29. The van der Waals surface area contributed by atoms with Gasteiger partial charge in [-0.05, 0) is 42.6 Å². The van der Waals surface area contributed by atoms with Gasteiger partial charge >= 0.3 is 0 Å². The summed E-state index contributed by atoms with van der Waals surface area (Å²) in [5.74, 6) is 0.123. The van der Waals surface area contributed by atoms with E-state index in [0.29, 0.717) is 16.5 Å². The molecule has 0 saturated carbocycles. The number of carbonyl (C=O) groups is 1. The third kappa shape index (κ3) is 3.45. The number of aromatic nitrogens is 2. The molecular formula is C24H25ClN4O2. The van der Waals surface area contributed by atoms with Crippen molar-refractivity contribution in [3.05, 3.63) is 69.8 Å². The normalized spacial score (nSPS) is 18.0. The fraction of sp³-hybridized carbons (Fsp3) is 0.333. The van der Waals surface area contributed by atoms with E-state index in [0.717, 1.165) is 66.0 Å². The van der Waals surface area contributed by atoms with Crippen LogP contribution in [0.4, 0.5) is 5.69 Å². The van der Waals surface area contributed by atoms with Crippen molar-refractivity contribution in [3.63, 3.8) is 0 Å². The van der Waals surface area contributed by atoms with Gasteiger partial charge in [0.25, 0.3) is 5.91 Å². The van der Waals surface area contributed by atoms with Crippen molar-refractivity contribution in [2.45, 2.75) is 31.9 Å². The van der Waals surface area contributed by atoms with E-state index < -0.39 is 6.10 Å². The van der Waals surface area contributed by atoms with Crippen LogP contribution in [0.5, 0.6) is 0 Å². The summed E-state index contributed by atoms with van der Waals surface area (Å²) in [4.78, 5) is 19.9. The summed E-state index contributed by atoms with van der Waals surface area (Å²) in [6.07, 6.45) is 1.99. The third-order valence-electron chi connectivity index (χ3n) is 6.43. The maximum absolute atomic E-state index is 13.1. The van der Waals surface area contributed by atoms with Crippen molar-refractivity contribution in [1.82, 2.24) is 14.5 Å². The van der Waals surface area contributed by atoms with Crippen LogP contribution in [0.15, 0.2) is 36.4 Å². The molecule has 0 spiro atoms. The maximum atomic E-state index is 13.1. The molecule has 2 heterocycles. The first kappa shape index (κ1) is 20.2. The van der Waals surface area contributed by atoms with Gasteiger partial charge in [-0.3, -0.25) is 4.79 Å². The number of rotatable bonds is 3. The molecule has 0 saturated heterocycles. The minimum atomic E-state index is -0.426. The Kier molecular flexibility index (Phi) is 5.08. The summed E-state index contributed by atoms with van der Waals surface area (Å²) < 4.78 is 1.89. The quantitative estimate of drug-likeness (QED) is 0.652. The Morgan fingerprint density at radius 1 is 1.16 bits per heavy atom. The van der Waals surface area contributed by atoms with Crippen LogP contribution in [0.2, 0.25) is 5.02 Å². The smallest absolute Gasteiger partial charge is 0.291 e. The molecule has 2 aliphatic rings. The lowest BCUT2D eigenvalue weighted by Crippen LogP contribution is -2.27. The number of aliphatic hydroxyl groups is 1. The fourth-order valence-corrected chi connectivity index (χ4v) is 5.04. The van der Waals surface area contributed by atoms with Gasteiger partial charge in [0.2, 0.25) is 0 Å². The van der Waals surface area contributed by atoms with Gasteiger partial charge in [0, 0.05) is 37.8 Å². The number of fused-ring (bicyclic) bond motifs is 2. The van der Waals surface area contributed by atoms with Crippen LogP contribution in [-0.2, 0) is 26.4 Å². The van der Waals surface area contributed by atoms with Crippen molar-refractivity contribution in [2.24, 2.45) is 7.05 Å². The Morgan fingerprint density at radius 3 is 2.77 bits per heavy atom. The molecule has 0 bridgehead atoms. The zero-order chi connectivity index (χ0) is 21.7. The van der Waals surface area contributed by atoms with Crippen LogP contribution >= 0.6 is 11.6 Å². The first-order valence-corrected chi connectivity index (χ1v) is 10.9. The van der Waals surface area contributed by atoms with E-state index in [9.17, 15) is 9.90 Å². The Labute approximate surface area is 186 Å². The number of benzene rings is 2. The van der Waals surface area contributed by atoms with Crippen LogP contribution in [0, 0.1) is 0 Å². The van der Waals surface area contributed by atoms with Gasteiger partial charge in [-0.25, -0.2) is 4.98 Å². The number of amides is 1. The number of anilines is 1. The SMILES string of the molecule is CN1CCc2c(nc(C(=O)Nc3cccc(-c4cccc5c4CCC5O)c3Cl)n2C)C1. The Morgan fingerprint density at radius 2 is 1.94 bits per heavy atom. The molecule has 31 heavy (non-hydrogen) atoms. The molecule has 6 nitrogen and oxygen atoms in total. The van der Waals surface area contributed by atoms with Crippen LogP contribution < -0.4 is 5.32 Å². The molecule has 2 N–H and O–H groups in total. The molecule has 5 rings (SSSR count). The van der Waals surface area contributed by atoms with Gasteiger partial charge in [0.05, 0.1) is 22.5 Å². The molecule has 7 heteroatoms. The average molecular weight is 437 g/mol. The zero-order valence-electron chi connectivity index (χ0n) is 17.7. The number of carbonyl (C=O) groups excluding carboxylic acids is 1. The Bertz CT molecular complexity index is 1190. The van der Waals surface area contributed by atoms with Gasteiger partial charge in [0.15, 0.2) is 5.82 Å². The lowest BCUT2D eigenvalue weighted by Gasteiger charge is -2.21. The molecule has 1 aliphatic carbocycles. The van der Waals surface area contributed by atoms with Crippen molar-refractivity contribution >= 4 is 23.2 Å². The Balaban J connectivity index is 1.47. The maximum Gasteiger partial charge on any atom is 0.291 e. The lowest BCUT2D eigenvalue weighted by molar-refractivity contribution is 0.101. The second-order valence-electron chi connectivity index (χ2n) is 8.42. The first-order valence-electron chi connectivity index (χ1n) is 10.6. The summed E-state index contributed by atoms with van der Waals surface area (Å²) in [5.41, 5.74) is 6.57. The summed E-state index contributed by atoms with van der Waals surface area (Å²) in [5, 5.41) is 13.7. The standard InChI is InChI=1S/C24H25ClN4O2/c1-28-12-11-20-19(13-28)26-23(29(20)2)24(31)27-18-8-4-7-17(22(18)25)14-5-3-6-16-15(14)9-10-21(16)30/h3-8,21,30H,9-13H2,1-2H3,(H,27,31). The number of halogens is 1. The largest absolute Gasteiger partial charge is 0.388 e. The van der Waals surface area contributed by atoms with Crippen LogP contribution in [0.3, 0.4) is 0 Å². The molecule has 1 aliphatic heterocycles. The van der Waals surface area contributed by atoms with Gasteiger partial charge in [-0.2, -0.15) is 0 Å². The highest BCUT2D eigenvalue weighted by molar-refractivity contribution is 6.36. The molecular weight excluding hydrogens is 412 g/mol. The lowest BCUT2D eigenvalue weighted by atomic mass is 9.96. The molecule has 0 radical (unpaired) electrons. The number of hydrogen-bond acceptors (Lipinski definition) is 4. The number of aliphatic hydroxyl groups excluding tert-OH is 1. The van der Waals surface area contributed by atoms with Crippen LogP contribution in [0.1, 0.15) is 45.7 Å². The highest BCUT2D eigenvalue weighted by atomic mass is 35.5. The number of imidazole rings is 1. The molecule has 1 aromatic heterocycles. The Hall–Kier alpha value is -2.67. The molecule has 160 valence electrons. The zero-order valence-corrected chi connectivity index (χ0v) is 18.4. The second kappa shape index (κ2) is 7.79. The molecule has 0 fully saturated rings. The first-order chi connectivity index (χ1) is 14.9. The van der Waals surface area contributed by atoms with Crippen molar-refractivity contribution in [3.8, 4) is 11.1 Å². The van der Waals surface area contributed by atoms with Crippen molar-refractivity contribution in [2.75, 3.05) is 18.9 Å². The molecule has 2 aromatic carbocycles. The molecule has 3 aromatic rings. The van der Waals surface area contributed by atoms with Gasteiger partial charge in [0.1, 0.15) is 0 Å². The monoisotopic (exact) mass is 436 g/mol. The predicted molar refractivity (Wildman–Crippen MR) is 121 cm³/mol. The summed E-state index contributed by atoms with van der Waals surface area (Å²) in [6, 6.07) is 11.6. The van der Waals surface area contributed by atoms with Crippen molar-refractivity contribution < 1.29 is 9.90 Å². The van der Waals surface area contributed by atoms with Gasteiger partial charge < -0.3 is 19.9 Å². The van der Waals surface area contributed by atoms with E-state index in [1.807, 2.05) is 41.9 Å². The van der Waals surface area contributed by atoms with E-state index in [-0.39, 0.29) is 5.91 Å². The predicted octanol–water partition coefficient (Wildman–Crippen LogP) is 3.96. The van der Waals surface area contributed by atoms with E-state index in [1.54, 1.807) is 6.07 Å². The van der Waals surface area contributed by atoms with Gasteiger partial charge in [-0.1, -0.05) is 41.9 Å². The number of nitrogens with zero attached hydrogens (tertiary/aromatic N) is 3. The van der Waals surface area contributed by atoms with Crippen LogP contribution in [0.25, 0.3) is 11.1 Å². The van der Waals surface area contributed by atoms with Gasteiger partial charge in [-0.15, -0.1) is 0 Å². The van der Waals surface area contributed by atoms with E-state index >= 15 is 0 Å². The van der Waals surface area contributed by atoms with Crippen molar-refractivity contribution in [1.29, 1.82) is 0 Å². The topological polar surface area (TPSA) is 70.4 Å². The summed E-state index contributed by atoms with van der Waals surface area (Å²) in [7, 11) is 3.95. The van der Waals surface area contributed by atoms with E-state index in [4.69, 9.17) is 11.6 Å². The summed E-state index contributed by atoms with van der Waals surface area (Å²) in [6.45, 7) is 1.70. The van der Waals surface area contributed by atoms with Crippen LogP contribution in [-0.4, -0.2) is 39.1 Å². The summed E-state index contributed by atoms with van der Waals surface area (Å²) >= 11 is 6.76. The molecule has 1 amide bonds. The van der Waals surface area contributed by atoms with E-state index in [2.05, 4.69) is 22.2 Å². The number of nitrogens with one attached hydrogen (secondary N) is 1. The minimum Gasteiger partial charge on any atom is -0.388 e.